The quantitative estimate of drug-likeness (QED) is 0.415. The molecular formula is C21H32IN3O. The Balaban J connectivity index is 0.00000196. The maximum Gasteiger partial charge on any atom is 0.193 e. The highest BCUT2D eigenvalue weighted by molar-refractivity contribution is 14.0. The summed E-state index contributed by atoms with van der Waals surface area (Å²) < 4.78 is 5.68. The van der Waals surface area contributed by atoms with Crippen molar-refractivity contribution in [1.29, 1.82) is 0 Å². The highest BCUT2D eigenvalue weighted by atomic mass is 127. The fraction of sp³-hybridized carbons (Fsp3) is 0.667. The monoisotopic (exact) mass is 469 g/mol. The van der Waals surface area contributed by atoms with Crippen LogP contribution in [0.15, 0.2) is 29.3 Å². The van der Waals surface area contributed by atoms with Crippen molar-refractivity contribution in [3.63, 3.8) is 0 Å². The summed E-state index contributed by atoms with van der Waals surface area (Å²) in [6.45, 7) is 10.3. The van der Waals surface area contributed by atoms with E-state index in [1.54, 1.807) is 0 Å². The Labute approximate surface area is 174 Å². The second-order valence-electron chi connectivity index (χ2n) is 8.24. The van der Waals surface area contributed by atoms with Gasteiger partial charge >= 0.3 is 0 Å². The predicted molar refractivity (Wildman–Crippen MR) is 118 cm³/mol. The van der Waals surface area contributed by atoms with E-state index in [4.69, 9.17) is 9.73 Å². The minimum atomic E-state index is 0. The molecule has 5 heteroatoms. The van der Waals surface area contributed by atoms with Gasteiger partial charge in [-0.15, -0.1) is 24.0 Å². The molecule has 0 amide bonds. The Bertz CT molecular complexity index is 650. The highest BCUT2D eigenvalue weighted by Crippen LogP contribution is 2.49. The lowest BCUT2D eigenvalue weighted by Crippen LogP contribution is -2.42. The average molecular weight is 469 g/mol. The number of halogens is 1. The van der Waals surface area contributed by atoms with E-state index in [0.29, 0.717) is 5.41 Å². The molecule has 1 N–H and O–H groups in total. The summed E-state index contributed by atoms with van der Waals surface area (Å²) in [5, 5.41) is 3.53. The number of nitrogens with one attached hydrogen (secondary N) is 1. The number of aliphatic imine (C=N–C) groups is 1. The standard InChI is InChI=1S/C21H31N3O.HI/c1-3-22-19(24-12-10-20(15-24)11-13-25-16-20)23-14-21(8-9-21)18-7-5-4-6-17(18)2;/h4-7H,3,8-16H2,1-2H3,(H,22,23);1H. The van der Waals surface area contributed by atoms with Crippen LogP contribution in [0.2, 0.25) is 0 Å². The number of rotatable bonds is 4. The van der Waals surface area contributed by atoms with Crippen molar-refractivity contribution in [2.75, 3.05) is 39.4 Å². The number of guanidine groups is 1. The molecule has 1 unspecified atom stereocenters. The summed E-state index contributed by atoms with van der Waals surface area (Å²) >= 11 is 0. The highest BCUT2D eigenvalue weighted by Gasteiger charge is 2.46. The maximum absolute atomic E-state index is 5.68. The van der Waals surface area contributed by atoms with Gasteiger partial charge in [-0.05, 0) is 50.7 Å². The van der Waals surface area contributed by atoms with Crippen LogP contribution in [0.25, 0.3) is 0 Å². The Morgan fingerprint density at radius 1 is 1.23 bits per heavy atom. The molecule has 4 nitrogen and oxygen atoms in total. The van der Waals surface area contributed by atoms with Crippen LogP contribution in [0.4, 0.5) is 0 Å². The first kappa shape index (κ1) is 19.9. The number of nitrogens with zero attached hydrogens (tertiary/aromatic N) is 2. The van der Waals surface area contributed by atoms with E-state index >= 15 is 0 Å². The maximum atomic E-state index is 5.68. The summed E-state index contributed by atoms with van der Waals surface area (Å²) in [4.78, 5) is 7.56. The summed E-state index contributed by atoms with van der Waals surface area (Å²) in [5.41, 5.74) is 3.56. The Hall–Kier alpha value is -0.820. The number of hydrogen-bond donors (Lipinski definition) is 1. The van der Waals surface area contributed by atoms with Crippen LogP contribution >= 0.6 is 24.0 Å². The zero-order chi connectivity index (χ0) is 17.3. The molecule has 0 radical (unpaired) electrons. The number of benzene rings is 1. The van der Waals surface area contributed by atoms with Crippen LogP contribution in [0, 0.1) is 12.3 Å². The van der Waals surface area contributed by atoms with Crippen LogP contribution in [0.3, 0.4) is 0 Å². The minimum absolute atomic E-state index is 0. The van der Waals surface area contributed by atoms with Crippen molar-refractivity contribution in [3.05, 3.63) is 35.4 Å². The van der Waals surface area contributed by atoms with Crippen molar-refractivity contribution >= 4 is 29.9 Å². The van der Waals surface area contributed by atoms with Gasteiger partial charge in [0, 0.05) is 37.1 Å². The van der Waals surface area contributed by atoms with Gasteiger partial charge in [0.2, 0.25) is 0 Å². The van der Waals surface area contributed by atoms with Gasteiger partial charge in [0.25, 0.3) is 0 Å². The van der Waals surface area contributed by atoms with E-state index in [1.807, 2.05) is 0 Å². The molecule has 2 heterocycles. The number of likely N-dealkylation sites (tertiary alicyclic amines) is 1. The molecule has 144 valence electrons. The van der Waals surface area contributed by atoms with E-state index in [9.17, 15) is 0 Å². The third-order valence-corrected chi connectivity index (χ3v) is 6.36. The van der Waals surface area contributed by atoms with Crippen LogP contribution in [-0.2, 0) is 10.2 Å². The van der Waals surface area contributed by atoms with Crippen molar-refractivity contribution in [2.24, 2.45) is 10.4 Å². The number of ether oxygens (including phenoxy) is 1. The van der Waals surface area contributed by atoms with E-state index in [0.717, 1.165) is 45.4 Å². The summed E-state index contributed by atoms with van der Waals surface area (Å²) in [5.74, 6) is 1.10. The van der Waals surface area contributed by atoms with Crippen LogP contribution in [0.5, 0.6) is 0 Å². The fourth-order valence-corrected chi connectivity index (χ4v) is 4.57. The predicted octanol–water partition coefficient (Wildman–Crippen LogP) is 3.72. The van der Waals surface area contributed by atoms with E-state index in [-0.39, 0.29) is 29.4 Å². The molecule has 26 heavy (non-hydrogen) atoms. The third kappa shape index (κ3) is 3.88. The van der Waals surface area contributed by atoms with Crippen LogP contribution in [-0.4, -0.2) is 50.3 Å². The van der Waals surface area contributed by atoms with Gasteiger partial charge in [-0.1, -0.05) is 24.3 Å². The molecule has 1 aliphatic carbocycles. The Morgan fingerprint density at radius 2 is 2.04 bits per heavy atom. The molecule has 1 spiro atoms. The molecule has 3 aliphatic rings. The van der Waals surface area contributed by atoms with Crippen molar-refractivity contribution in [2.45, 2.75) is 44.9 Å². The van der Waals surface area contributed by atoms with Gasteiger partial charge in [0.15, 0.2) is 5.96 Å². The Kier molecular flexibility index (Phi) is 6.17. The Morgan fingerprint density at radius 3 is 2.69 bits per heavy atom. The van der Waals surface area contributed by atoms with E-state index in [2.05, 4.69) is 48.3 Å². The zero-order valence-electron chi connectivity index (χ0n) is 16.1. The second kappa shape index (κ2) is 8.05. The first-order chi connectivity index (χ1) is 12.2. The van der Waals surface area contributed by atoms with Gasteiger partial charge < -0.3 is 15.0 Å². The largest absolute Gasteiger partial charge is 0.381 e. The van der Waals surface area contributed by atoms with Gasteiger partial charge in [-0.2, -0.15) is 0 Å². The first-order valence-corrected chi connectivity index (χ1v) is 9.84. The molecule has 4 rings (SSSR count). The van der Waals surface area contributed by atoms with Gasteiger partial charge in [-0.3, -0.25) is 4.99 Å². The van der Waals surface area contributed by atoms with Gasteiger partial charge in [0.05, 0.1) is 13.2 Å². The van der Waals surface area contributed by atoms with Crippen molar-refractivity contribution in [1.82, 2.24) is 10.2 Å². The zero-order valence-corrected chi connectivity index (χ0v) is 18.4. The molecule has 0 bridgehead atoms. The van der Waals surface area contributed by atoms with Crippen LogP contribution < -0.4 is 5.32 Å². The lowest BCUT2D eigenvalue weighted by atomic mass is 9.87. The molecule has 2 aliphatic heterocycles. The topological polar surface area (TPSA) is 36.9 Å². The second-order valence-corrected chi connectivity index (χ2v) is 8.24. The van der Waals surface area contributed by atoms with Gasteiger partial charge in [0.1, 0.15) is 0 Å². The van der Waals surface area contributed by atoms with E-state index in [1.165, 1.54) is 36.8 Å². The molecule has 1 atom stereocenters. The summed E-state index contributed by atoms with van der Waals surface area (Å²) in [6.07, 6.45) is 4.97. The van der Waals surface area contributed by atoms with E-state index < -0.39 is 0 Å². The van der Waals surface area contributed by atoms with Crippen LogP contribution in [0.1, 0.15) is 43.7 Å². The van der Waals surface area contributed by atoms with Gasteiger partial charge in [-0.25, -0.2) is 0 Å². The molecule has 0 aromatic heterocycles. The van der Waals surface area contributed by atoms with Crippen molar-refractivity contribution in [3.8, 4) is 0 Å². The van der Waals surface area contributed by atoms with Crippen molar-refractivity contribution < 1.29 is 4.74 Å². The number of hydrogen-bond acceptors (Lipinski definition) is 2. The SMILES string of the molecule is CCNC(=NCC1(c2ccccc2C)CC1)N1CCC2(CCOC2)C1.I. The average Bonchev–Trinajstić information content (AvgIpc) is 3.08. The molecule has 1 saturated carbocycles. The minimum Gasteiger partial charge on any atom is -0.381 e. The summed E-state index contributed by atoms with van der Waals surface area (Å²) in [7, 11) is 0. The first-order valence-electron chi connectivity index (χ1n) is 9.84. The number of aryl methyl sites for hydroxylation is 1. The fourth-order valence-electron chi connectivity index (χ4n) is 4.57. The third-order valence-electron chi connectivity index (χ3n) is 6.36. The molecule has 2 saturated heterocycles. The molecule has 3 fully saturated rings. The normalized spacial score (nSPS) is 26.8. The molecule has 1 aromatic carbocycles. The molecular weight excluding hydrogens is 437 g/mol. The smallest absolute Gasteiger partial charge is 0.193 e. The lowest BCUT2D eigenvalue weighted by Gasteiger charge is -2.25. The molecule has 1 aromatic rings. The summed E-state index contributed by atoms with van der Waals surface area (Å²) in [6, 6.07) is 8.83. The lowest BCUT2D eigenvalue weighted by molar-refractivity contribution is 0.156.